The van der Waals surface area contributed by atoms with E-state index in [1.807, 2.05) is 0 Å². The van der Waals surface area contributed by atoms with Gasteiger partial charge in [-0.2, -0.15) is 21.6 Å². The lowest BCUT2D eigenvalue weighted by atomic mass is 10.0. The van der Waals surface area contributed by atoms with E-state index in [0.717, 1.165) is 0 Å². The summed E-state index contributed by atoms with van der Waals surface area (Å²) in [6.07, 6.45) is 0.749. The Hall–Kier alpha value is -1.57. The molecule has 0 atom stereocenters. The van der Waals surface area contributed by atoms with Crippen LogP contribution >= 0.6 is 0 Å². The fourth-order valence-electron chi connectivity index (χ4n) is 1.48. The zero-order chi connectivity index (χ0) is 14.8. The molecule has 1 rings (SSSR count). The summed E-state index contributed by atoms with van der Waals surface area (Å²) in [5.74, 6) is -0.384. The third-order valence-corrected chi connectivity index (χ3v) is 3.32. The van der Waals surface area contributed by atoms with Gasteiger partial charge in [0, 0.05) is 5.56 Å². The fourth-order valence-corrected chi connectivity index (χ4v) is 2.04. The number of aldehydes is 1. The monoisotopic (exact) mass is 296 g/mol. The van der Waals surface area contributed by atoms with Gasteiger partial charge in [0.2, 0.25) is 0 Å². The van der Waals surface area contributed by atoms with Gasteiger partial charge in [0.15, 0.2) is 0 Å². The van der Waals surface area contributed by atoms with Gasteiger partial charge in [0.25, 0.3) is 0 Å². The number of rotatable bonds is 4. The largest absolute Gasteiger partial charge is 0.534 e. The Labute approximate surface area is 108 Å². The molecule has 0 heterocycles. The molecule has 1 aromatic rings. The number of halogens is 3. The van der Waals surface area contributed by atoms with Gasteiger partial charge in [-0.25, -0.2) is 0 Å². The molecule has 0 fully saturated rings. The first kappa shape index (κ1) is 15.5. The van der Waals surface area contributed by atoms with Crippen molar-refractivity contribution in [3.63, 3.8) is 0 Å². The van der Waals surface area contributed by atoms with E-state index in [1.54, 1.807) is 6.92 Å². The van der Waals surface area contributed by atoms with Gasteiger partial charge >= 0.3 is 15.6 Å². The molecule has 0 radical (unpaired) electrons. The van der Waals surface area contributed by atoms with Crippen molar-refractivity contribution in [1.82, 2.24) is 0 Å². The van der Waals surface area contributed by atoms with Gasteiger partial charge in [0.1, 0.15) is 12.0 Å². The van der Waals surface area contributed by atoms with E-state index in [1.165, 1.54) is 19.1 Å². The lowest BCUT2D eigenvalue weighted by Gasteiger charge is -2.15. The van der Waals surface area contributed by atoms with Gasteiger partial charge in [-0.15, -0.1) is 0 Å². The van der Waals surface area contributed by atoms with Crippen LogP contribution in [0.25, 0.3) is 0 Å². The number of carbonyl (C=O) groups excluding carboxylic acids is 1. The summed E-state index contributed by atoms with van der Waals surface area (Å²) in [5.41, 5.74) is -4.89. The number of hydrogen-bond donors (Lipinski definition) is 0. The fraction of sp³-hybridized carbons (Fsp3) is 0.364. The van der Waals surface area contributed by atoms with E-state index in [4.69, 9.17) is 0 Å². The molecule has 106 valence electrons. The summed E-state index contributed by atoms with van der Waals surface area (Å²) >= 11 is 0. The highest BCUT2D eigenvalue weighted by Crippen LogP contribution is 2.32. The number of alkyl halides is 3. The molecule has 8 heteroatoms. The summed E-state index contributed by atoms with van der Waals surface area (Å²) in [5, 5.41) is 0. The highest BCUT2D eigenvalue weighted by Gasteiger charge is 2.48. The second-order valence-corrected chi connectivity index (χ2v) is 5.32. The average Bonchev–Trinajstić information content (AvgIpc) is 2.29. The number of aryl methyl sites for hydroxylation is 2. The van der Waals surface area contributed by atoms with E-state index in [-0.39, 0.29) is 28.9 Å². The number of carbonyl (C=O) groups is 1. The minimum Gasteiger partial charge on any atom is -0.375 e. The first-order chi connectivity index (χ1) is 8.62. The van der Waals surface area contributed by atoms with Crippen molar-refractivity contribution < 1.29 is 30.6 Å². The van der Waals surface area contributed by atoms with E-state index in [0.29, 0.717) is 6.29 Å². The summed E-state index contributed by atoms with van der Waals surface area (Å²) in [7, 11) is -5.71. The van der Waals surface area contributed by atoms with Gasteiger partial charge in [-0.1, -0.05) is 6.92 Å². The Bertz CT molecular complexity index is 591. The van der Waals surface area contributed by atoms with Crippen LogP contribution in [0.2, 0.25) is 0 Å². The van der Waals surface area contributed by atoms with Crippen molar-refractivity contribution in [2.24, 2.45) is 0 Å². The van der Waals surface area contributed by atoms with Crippen molar-refractivity contribution in [2.45, 2.75) is 25.8 Å². The van der Waals surface area contributed by atoms with Crippen molar-refractivity contribution in [3.8, 4) is 5.75 Å². The summed E-state index contributed by atoms with van der Waals surface area (Å²) in [6.45, 7) is 2.98. The average molecular weight is 296 g/mol. The van der Waals surface area contributed by atoms with Crippen molar-refractivity contribution in [3.05, 3.63) is 28.8 Å². The van der Waals surface area contributed by atoms with E-state index in [9.17, 15) is 26.4 Å². The predicted octanol–water partition coefficient (Wildman–Crippen LogP) is 2.60. The molecule has 0 aliphatic heterocycles. The second-order valence-electron chi connectivity index (χ2n) is 3.78. The van der Waals surface area contributed by atoms with Crippen LogP contribution in [0, 0.1) is 6.92 Å². The minimum atomic E-state index is -5.71. The lowest BCUT2D eigenvalue weighted by molar-refractivity contribution is -0.0500. The molecule has 0 aromatic heterocycles. The predicted molar refractivity (Wildman–Crippen MR) is 61.5 cm³/mol. The SMILES string of the molecule is CCc1cc(C=O)cc(C)c1OS(=O)(=O)C(F)(F)F. The van der Waals surface area contributed by atoms with Crippen molar-refractivity contribution in [1.29, 1.82) is 0 Å². The van der Waals surface area contributed by atoms with Crippen LogP contribution in [0.15, 0.2) is 12.1 Å². The standard InChI is InChI=1S/C11H11F3O4S/c1-3-9-5-8(6-15)4-7(2)10(9)18-19(16,17)11(12,13)14/h4-6H,3H2,1-2H3. The van der Waals surface area contributed by atoms with Crippen LogP contribution in [-0.2, 0) is 16.5 Å². The van der Waals surface area contributed by atoms with E-state index < -0.39 is 15.6 Å². The van der Waals surface area contributed by atoms with Crippen LogP contribution in [-0.4, -0.2) is 20.2 Å². The third-order valence-electron chi connectivity index (χ3n) is 2.37. The summed E-state index contributed by atoms with van der Waals surface area (Å²) in [6, 6.07) is 2.55. The molecular weight excluding hydrogens is 285 g/mol. The maximum atomic E-state index is 12.3. The van der Waals surface area contributed by atoms with Gasteiger partial charge in [0.05, 0.1) is 0 Å². The van der Waals surface area contributed by atoms with Crippen LogP contribution in [0.3, 0.4) is 0 Å². The molecule has 0 aliphatic rings. The Balaban J connectivity index is 3.33. The molecule has 0 aliphatic carbocycles. The molecular formula is C11H11F3O4S. The maximum Gasteiger partial charge on any atom is 0.534 e. The minimum absolute atomic E-state index is 0.147. The van der Waals surface area contributed by atoms with E-state index >= 15 is 0 Å². The van der Waals surface area contributed by atoms with E-state index in [2.05, 4.69) is 4.18 Å². The molecule has 19 heavy (non-hydrogen) atoms. The normalized spacial score (nSPS) is 12.3. The van der Waals surface area contributed by atoms with Crippen LogP contribution in [0.1, 0.15) is 28.4 Å². The maximum absolute atomic E-state index is 12.3. The molecule has 1 aromatic carbocycles. The Kier molecular flexibility index (Phi) is 4.24. The molecule has 0 spiro atoms. The molecule has 4 nitrogen and oxygen atoms in total. The summed E-state index contributed by atoms with van der Waals surface area (Å²) in [4.78, 5) is 10.6. The van der Waals surface area contributed by atoms with Crippen molar-refractivity contribution >= 4 is 16.4 Å². The zero-order valence-corrected chi connectivity index (χ0v) is 10.9. The van der Waals surface area contributed by atoms with Gasteiger partial charge < -0.3 is 4.18 Å². The molecule has 0 N–H and O–H groups in total. The lowest BCUT2D eigenvalue weighted by Crippen LogP contribution is -2.28. The molecule has 0 saturated carbocycles. The topological polar surface area (TPSA) is 60.4 Å². The smallest absolute Gasteiger partial charge is 0.375 e. The summed E-state index contributed by atoms with van der Waals surface area (Å²) < 4.78 is 62.9. The molecule has 0 unspecified atom stereocenters. The Morgan fingerprint density at radius 2 is 1.89 bits per heavy atom. The third kappa shape index (κ3) is 3.25. The van der Waals surface area contributed by atoms with Crippen LogP contribution in [0.5, 0.6) is 5.75 Å². The quantitative estimate of drug-likeness (QED) is 0.487. The van der Waals surface area contributed by atoms with Gasteiger partial charge in [-0.3, -0.25) is 4.79 Å². The second kappa shape index (κ2) is 5.20. The first-order valence-electron chi connectivity index (χ1n) is 5.21. The number of hydrogen-bond acceptors (Lipinski definition) is 4. The Morgan fingerprint density at radius 1 is 1.32 bits per heavy atom. The molecule has 0 bridgehead atoms. The van der Waals surface area contributed by atoms with Crippen LogP contribution < -0.4 is 4.18 Å². The molecule has 0 saturated heterocycles. The zero-order valence-electron chi connectivity index (χ0n) is 10.1. The van der Waals surface area contributed by atoms with Crippen LogP contribution in [0.4, 0.5) is 13.2 Å². The Morgan fingerprint density at radius 3 is 2.32 bits per heavy atom. The highest BCUT2D eigenvalue weighted by molar-refractivity contribution is 7.88. The molecule has 0 amide bonds. The van der Waals surface area contributed by atoms with Gasteiger partial charge in [-0.05, 0) is 36.6 Å². The number of benzene rings is 1. The first-order valence-corrected chi connectivity index (χ1v) is 6.62. The highest BCUT2D eigenvalue weighted by atomic mass is 32.2. The van der Waals surface area contributed by atoms with Crippen molar-refractivity contribution in [2.75, 3.05) is 0 Å².